The smallest absolute Gasteiger partial charge is 0.373 e. The fourth-order valence-electron chi connectivity index (χ4n) is 2.72. The zero-order valence-electron chi connectivity index (χ0n) is 12.4. The molecule has 0 amide bonds. The number of alkyl halides is 3. The van der Waals surface area contributed by atoms with Crippen molar-refractivity contribution in [3.05, 3.63) is 59.8 Å². The third kappa shape index (κ3) is 4.01. The number of nitrogens with one attached hydrogen (secondary N) is 1. The van der Waals surface area contributed by atoms with E-state index in [9.17, 15) is 13.2 Å². The molecule has 2 aromatic rings. The van der Waals surface area contributed by atoms with Gasteiger partial charge in [0.1, 0.15) is 5.82 Å². The van der Waals surface area contributed by atoms with E-state index in [0.717, 1.165) is 24.1 Å². The van der Waals surface area contributed by atoms with Crippen LogP contribution in [0.25, 0.3) is 0 Å². The molecule has 3 rings (SSSR count). The molecule has 1 saturated heterocycles. The summed E-state index contributed by atoms with van der Waals surface area (Å²) < 4.78 is 44.0. The molecule has 122 valence electrons. The number of hydrogen-bond acceptors (Lipinski definition) is 3. The van der Waals surface area contributed by atoms with E-state index in [1.165, 1.54) is 6.20 Å². The summed E-state index contributed by atoms with van der Waals surface area (Å²) in [6.45, 7) is 0.566. The van der Waals surface area contributed by atoms with Gasteiger partial charge in [0.05, 0.1) is 11.7 Å². The van der Waals surface area contributed by atoms with Crippen molar-refractivity contribution < 1.29 is 17.9 Å². The van der Waals surface area contributed by atoms with E-state index in [-0.39, 0.29) is 18.0 Å². The fraction of sp³-hybridized carbons (Fsp3) is 0.353. The molecule has 2 unspecified atom stereocenters. The maximum absolute atomic E-state index is 12.8. The molecular formula is C17H17F3N2O. The molecule has 23 heavy (non-hydrogen) atoms. The number of rotatable bonds is 3. The minimum Gasteiger partial charge on any atom is -0.373 e. The molecule has 1 aromatic heterocycles. The molecule has 6 heteroatoms. The SMILES string of the molecule is FC(F)(F)c1ccnc(NC2CCOC(c3ccccc3)C2)c1. The Hall–Kier alpha value is -2.08. The zero-order valence-corrected chi connectivity index (χ0v) is 12.4. The first-order chi connectivity index (χ1) is 11.0. The van der Waals surface area contributed by atoms with Crippen molar-refractivity contribution in [2.45, 2.75) is 31.2 Å². The van der Waals surface area contributed by atoms with E-state index in [1.807, 2.05) is 30.3 Å². The fourth-order valence-corrected chi connectivity index (χ4v) is 2.72. The molecule has 1 fully saturated rings. The Morgan fingerprint density at radius 2 is 1.91 bits per heavy atom. The van der Waals surface area contributed by atoms with E-state index in [0.29, 0.717) is 13.0 Å². The standard InChI is InChI=1S/C17H17F3N2O/c18-17(19,20)13-6-8-21-16(10-13)22-14-7-9-23-15(11-14)12-4-2-1-3-5-12/h1-6,8,10,14-15H,7,9,11H2,(H,21,22). The summed E-state index contributed by atoms with van der Waals surface area (Å²) in [7, 11) is 0. The first-order valence-corrected chi connectivity index (χ1v) is 7.49. The maximum atomic E-state index is 12.8. The highest BCUT2D eigenvalue weighted by Gasteiger charge is 2.31. The molecular weight excluding hydrogens is 305 g/mol. The van der Waals surface area contributed by atoms with Crippen molar-refractivity contribution >= 4 is 5.82 Å². The van der Waals surface area contributed by atoms with Crippen LogP contribution in [0.1, 0.15) is 30.1 Å². The van der Waals surface area contributed by atoms with Crippen LogP contribution in [0.2, 0.25) is 0 Å². The van der Waals surface area contributed by atoms with Gasteiger partial charge in [-0.05, 0) is 30.5 Å². The number of nitrogens with zero attached hydrogens (tertiary/aromatic N) is 1. The third-order valence-electron chi connectivity index (χ3n) is 3.89. The van der Waals surface area contributed by atoms with Crippen LogP contribution in [0.5, 0.6) is 0 Å². The second-order valence-electron chi connectivity index (χ2n) is 5.56. The topological polar surface area (TPSA) is 34.2 Å². The van der Waals surface area contributed by atoms with Crippen molar-refractivity contribution in [1.29, 1.82) is 0 Å². The molecule has 2 heterocycles. The van der Waals surface area contributed by atoms with Crippen molar-refractivity contribution in [3.63, 3.8) is 0 Å². The van der Waals surface area contributed by atoms with Crippen molar-refractivity contribution in [2.24, 2.45) is 0 Å². The molecule has 0 spiro atoms. The zero-order chi connectivity index (χ0) is 16.3. The molecule has 1 N–H and O–H groups in total. The first-order valence-electron chi connectivity index (χ1n) is 7.49. The summed E-state index contributed by atoms with van der Waals surface area (Å²) >= 11 is 0. The van der Waals surface area contributed by atoms with Crippen LogP contribution >= 0.6 is 0 Å². The predicted octanol–water partition coefficient (Wildman–Crippen LogP) is 4.43. The molecule has 0 saturated carbocycles. The average molecular weight is 322 g/mol. The Kier molecular flexibility index (Phi) is 4.52. The van der Waals surface area contributed by atoms with E-state index in [2.05, 4.69) is 10.3 Å². The molecule has 3 nitrogen and oxygen atoms in total. The van der Waals surface area contributed by atoms with Gasteiger partial charge in [-0.25, -0.2) is 4.98 Å². The molecule has 2 atom stereocenters. The van der Waals surface area contributed by atoms with E-state index in [4.69, 9.17) is 4.74 Å². The Morgan fingerprint density at radius 3 is 2.65 bits per heavy atom. The second kappa shape index (κ2) is 6.58. The molecule has 0 aliphatic carbocycles. The summed E-state index contributed by atoms with van der Waals surface area (Å²) in [5.74, 6) is 0.249. The number of benzene rings is 1. The lowest BCUT2D eigenvalue weighted by Crippen LogP contribution is -2.30. The second-order valence-corrected chi connectivity index (χ2v) is 5.56. The van der Waals surface area contributed by atoms with Crippen LogP contribution in [-0.4, -0.2) is 17.6 Å². The molecule has 1 aliphatic heterocycles. The van der Waals surface area contributed by atoms with Crippen LogP contribution in [0.3, 0.4) is 0 Å². The number of hydrogen-bond donors (Lipinski definition) is 1. The summed E-state index contributed by atoms with van der Waals surface area (Å²) in [4.78, 5) is 3.99. The molecule has 0 radical (unpaired) electrons. The van der Waals surface area contributed by atoms with Gasteiger partial charge in [-0.2, -0.15) is 13.2 Å². The highest BCUT2D eigenvalue weighted by molar-refractivity contribution is 5.39. The number of ether oxygens (including phenoxy) is 1. The van der Waals surface area contributed by atoms with Gasteiger partial charge in [-0.3, -0.25) is 0 Å². The Bertz CT molecular complexity index is 646. The Morgan fingerprint density at radius 1 is 1.13 bits per heavy atom. The number of anilines is 1. The summed E-state index contributed by atoms with van der Waals surface area (Å²) in [6, 6.07) is 11.9. The van der Waals surface area contributed by atoms with Gasteiger partial charge in [-0.15, -0.1) is 0 Å². The molecule has 1 aliphatic rings. The van der Waals surface area contributed by atoms with Gasteiger partial charge in [-0.1, -0.05) is 30.3 Å². The van der Waals surface area contributed by atoms with Crippen LogP contribution in [0, 0.1) is 0 Å². The lowest BCUT2D eigenvalue weighted by Gasteiger charge is -2.30. The number of halogens is 3. The van der Waals surface area contributed by atoms with Gasteiger partial charge in [0.15, 0.2) is 0 Å². The van der Waals surface area contributed by atoms with Gasteiger partial charge in [0.25, 0.3) is 0 Å². The monoisotopic (exact) mass is 322 g/mol. The van der Waals surface area contributed by atoms with Crippen molar-refractivity contribution in [1.82, 2.24) is 4.98 Å². The van der Waals surface area contributed by atoms with Crippen LogP contribution in [-0.2, 0) is 10.9 Å². The van der Waals surface area contributed by atoms with Crippen LogP contribution in [0.4, 0.5) is 19.0 Å². The summed E-state index contributed by atoms with van der Waals surface area (Å²) in [6.07, 6.45) is -1.79. The average Bonchev–Trinajstić information content (AvgIpc) is 2.55. The molecule has 0 bridgehead atoms. The largest absolute Gasteiger partial charge is 0.416 e. The Labute approximate surface area is 132 Å². The summed E-state index contributed by atoms with van der Waals surface area (Å²) in [5.41, 5.74) is 0.387. The van der Waals surface area contributed by atoms with Gasteiger partial charge in [0, 0.05) is 18.8 Å². The highest BCUT2D eigenvalue weighted by atomic mass is 19.4. The van der Waals surface area contributed by atoms with Gasteiger partial charge in [0.2, 0.25) is 0 Å². The van der Waals surface area contributed by atoms with Crippen LogP contribution < -0.4 is 5.32 Å². The van der Waals surface area contributed by atoms with Crippen molar-refractivity contribution in [2.75, 3.05) is 11.9 Å². The van der Waals surface area contributed by atoms with Crippen LogP contribution in [0.15, 0.2) is 48.7 Å². The minimum absolute atomic E-state index is 0.0324. The highest BCUT2D eigenvalue weighted by Crippen LogP contribution is 2.32. The quantitative estimate of drug-likeness (QED) is 0.907. The van der Waals surface area contributed by atoms with Gasteiger partial charge >= 0.3 is 6.18 Å². The predicted molar refractivity (Wildman–Crippen MR) is 81.0 cm³/mol. The van der Waals surface area contributed by atoms with E-state index in [1.54, 1.807) is 0 Å². The van der Waals surface area contributed by atoms with Crippen molar-refractivity contribution in [3.8, 4) is 0 Å². The normalized spacial score (nSPS) is 21.9. The van der Waals surface area contributed by atoms with E-state index >= 15 is 0 Å². The third-order valence-corrected chi connectivity index (χ3v) is 3.89. The summed E-state index contributed by atoms with van der Waals surface area (Å²) in [5, 5.41) is 3.10. The number of pyridine rings is 1. The maximum Gasteiger partial charge on any atom is 0.416 e. The number of aromatic nitrogens is 1. The Balaban J connectivity index is 1.68. The lowest BCUT2D eigenvalue weighted by atomic mass is 9.97. The lowest BCUT2D eigenvalue weighted by molar-refractivity contribution is -0.137. The van der Waals surface area contributed by atoms with Gasteiger partial charge < -0.3 is 10.1 Å². The molecule has 1 aromatic carbocycles. The minimum atomic E-state index is -4.36. The van der Waals surface area contributed by atoms with E-state index < -0.39 is 11.7 Å². The first kappa shape index (κ1) is 15.8.